The quantitative estimate of drug-likeness (QED) is 0.239. The molecule has 29 heavy (non-hydrogen) atoms. The largest absolute Gasteiger partial charge is 0.508 e. The molecule has 5 nitrogen and oxygen atoms in total. The van der Waals surface area contributed by atoms with E-state index < -0.39 is 37.0 Å². The second-order valence-electron chi connectivity index (χ2n) is 6.06. The Labute approximate surface area is 186 Å². The number of aromatic hydroxyl groups is 2. The minimum absolute atomic E-state index is 0.0179. The van der Waals surface area contributed by atoms with Crippen LogP contribution in [0, 0.1) is 0 Å². The normalized spacial score (nSPS) is 13.8. The molecular weight excluding hydrogens is 482 g/mol. The number of hydrogen-bond donors (Lipinski definition) is 3. The van der Waals surface area contributed by atoms with Crippen molar-refractivity contribution in [1.82, 2.24) is 0 Å². The van der Waals surface area contributed by atoms with Gasteiger partial charge in [-0.15, -0.1) is 0 Å². The Bertz CT molecular complexity index is 1200. The van der Waals surface area contributed by atoms with Gasteiger partial charge in [0.1, 0.15) is 11.5 Å². The summed E-state index contributed by atoms with van der Waals surface area (Å²) < 4.78 is 33.8. The Kier molecular flexibility index (Phi) is 5.98. The van der Waals surface area contributed by atoms with Gasteiger partial charge >= 0.3 is 0 Å². The highest BCUT2D eigenvalue weighted by atomic mass is 35.5. The van der Waals surface area contributed by atoms with Crippen LogP contribution < -0.4 is 0 Å². The van der Waals surface area contributed by atoms with Crippen molar-refractivity contribution in [1.29, 1.82) is 0 Å². The van der Waals surface area contributed by atoms with Crippen molar-refractivity contribution in [3.63, 3.8) is 0 Å². The zero-order valence-electron chi connectivity index (χ0n) is 14.3. The van der Waals surface area contributed by atoms with Gasteiger partial charge < -0.3 is 10.2 Å². The molecule has 10 heteroatoms. The minimum atomic E-state index is -5.14. The molecule has 0 aliphatic heterocycles. The maximum atomic E-state index is 13.0. The van der Waals surface area contributed by atoms with Gasteiger partial charge in [-0.05, 0) is 17.7 Å². The highest BCUT2D eigenvalue weighted by Crippen LogP contribution is 2.54. The highest BCUT2D eigenvalue weighted by molar-refractivity contribution is 7.87. The summed E-state index contributed by atoms with van der Waals surface area (Å²) in [6.45, 7) is 0. The molecule has 0 fully saturated rings. The first kappa shape index (κ1) is 22.0. The summed E-state index contributed by atoms with van der Waals surface area (Å²) in [5, 5.41) is 20.6. The summed E-state index contributed by atoms with van der Waals surface area (Å²) in [6.07, 6.45) is 0. The number of phenolic OH excluding ortho intramolecular Hbond substituents is 2. The van der Waals surface area contributed by atoms with Crippen LogP contribution in [-0.4, -0.2) is 23.2 Å². The molecule has 1 atom stereocenters. The van der Waals surface area contributed by atoms with Crippen molar-refractivity contribution < 1.29 is 23.2 Å². The van der Waals surface area contributed by atoms with Crippen LogP contribution in [0.1, 0.15) is 16.7 Å². The second kappa shape index (κ2) is 7.87. The van der Waals surface area contributed by atoms with Crippen LogP contribution in [0.3, 0.4) is 0 Å². The fourth-order valence-corrected chi connectivity index (χ4v) is 5.55. The predicted molar refractivity (Wildman–Crippen MR) is 114 cm³/mol. The first-order valence-corrected chi connectivity index (χ1v) is 10.9. The van der Waals surface area contributed by atoms with E-state index in [0.29, 0.717) is 0 Å². The predicted octanol–water partition coefficient (Wildman–Crippen LogP) is 5.89. The molecule has 0 radical (unpaired) electrons. The molecule has 3 aromatic rings. The van der Waals surface area contributed by atoms with E-state index in [1.807, 2.05) is 0 Å². The maximum Gasteiger partial charge on any atom is 0.283 e. The van der Waals surface area contributed by atoms with E-state index in [4.69, 9.17) is 46.4 Å². The van der Waals surface area contributed by atoms with Crippen LogP contribution >= 0.6 is 46.4 Å². The van der Waals surface area contributed by atoms with Crippen molar-refractivity contribution >= 4 is 56.5 Å². The summed E-state index contributed by atoms with van der Waals surface area (Å²) in [7, 11) is -5.14. The SMILES string of the molecule is O=S(=O)(O)C(c1ccccc1)(c1ccc(Cl)cc1O)c1c(O)cc(Cl)c(Cl)c1Cl. The summed E-state index contributed by atoms with van der Waals surface area (Å²) in [5.41, 5.74) is -0.790. The van der Waals surface area contributed by atoms with E-state index in [9.17, 15) is 23.2 Å². The van der Waals surface area contributed by atoms with E-state index in [0.717, 1.165) is 12.1 Å². The third kappa shape index (κ3) is 3.54. The lowest BCUT2D eigenvalue weighted by Gasteiger charge is -2.34. The molecule has 0 aliphatic rings. The fraction of sp³-hybridized carbons (Fsp3) is 0.0526. The summed E-state index contributed by atoms with van der Waals surface area (Å²) in [4.78, 5) is 0. The van der Waals surface area contributed by atoms with Crippen LogP contribution in [0.5, 0.6) is 11.5 Å². The second-order valence-corrected chi connectivity index (χ2v) is 9.23. The van der Waals surface area contributed by atoms with Gasteiger partial charge in [-0.2, -0.15) is 8.42 Å². The summed E-state index contributed by atoms with van der Waals surface area (Å²) >= 11 is 24.3. The minimum Gasteiger partial charge on any atom is -0.508 e. The molecular formula is C19H12Cl4O5S. The average molecular weight is 494 g/mol. The third-order valence-corrected chi connectivity index (χ3v) is 7.33. The molecule has 0 saturated carbocycles. The van der Waals surface area contributed by atoms with Crippen LogP contribution in [0.4, 0.5) is 0 Å². The van der Waals surface area contributed by atoms with Crippen molar-refractivity contribution in [2.24, 2.45) is 0 Å². The lowest BCUT2D eigenvalue weighted by molar-refractivity contribution is 0.428. The molecule has 152 valence electrons. The Morgan fingerprint density at radius 1 is 0.793 bits per heavy atom. The number of phenols is 2. The van der Waals surface area contributed by atoms with E-state index in [1.54, 1.807) is 6.07 Å². The van der Waals surface area contributed by atoms with Crippen LogP contribution in [-0.2, 0) is 14.9 Å². The van der Waals surface area contributed by atoms with E-state index >= 15 is 0 Å². The van der Waals surface area contributed by atoms with E-state index in [2.05, 4.69) is 0 Å². The van der Waals surface area contributed by atoms with Crippen LogP contribution in [0.2, 0.25) is 20.1 Å². The molecule has 3 aromatic carbocycles. The van der Waals surface area contributed by atoms with Crippen molar-refractivity contribution in [2.75, 3.05) is 0 Å². The van der Waals surface area contributed by atoms with Crippen LogP contribution in [0.25, 0.3) is 0 Å². The fourth-order valence-electron chi connectivity index (χ4n) is 3.24. The molecule has 3 N–H and O–H groups in total. The van der Waals surface area contributed by atoms with Gasteiger partial charge in [0.2, 0.25) is 0 Å². The van der Waals surface area contributed by atoms with Gasteiger partial charge in [0, 0.05) is 22.2 Å². The zero-order chi connectivity index (χ0) is 21.6. The molecule has 0 saturated heterocycles. The van der Waals surface area contributed by atoms with E-state index in [1.165, 1.54) is 36.4 Å². The highest BCUT2D eigenvalue weighted by Gasteiger charge is 2.53. The summed E-state index contributed by atoms with van der Waals surface area (Å²) in [5.74, 6) is -1.21. The third-order valence-electron chi connectivity index (χ3n) is 4.40. The molecule has 1 unspecified atom stereocenters. The molecule has 0 spiro atoms. The Morgan fingerprint density at radius 3 is 1.97 bits per heavy atom. The van der Waals surface area contributed by atoms with E-state index in [-0.39, 0.29) is 26.2 Å². The molecule has 3 rings (SSSR count). The molecule has 0 heterocycles. The van der Waals surface area contributed by atoms with Gasteiger partial charge in [0.05, 0.1) is 15.1 Å². The Hall–Kier alpha value is -1.67. The van der Waals surface area contributed by atoms with Gasteiger partial charge in [0.15, 0.2) is 4.75 Å². The van der Waals surface area contributed by atoms with Gasteiger partial charge in [0.25, 0.3) is 10.1 Å². The maximum absolute atomic E-state index is 13.0. The number of benzene rings is 3. The zero-order valence-corrected chi connectivity index (χ0v) is 18.1. The molecule has 0 amide bonds. The first-order chi connectivity index (χ1) is 13.5. The monoisotopic (exact) mass is 492 g/mol. The van der Waals surface area contributed by atoms with Crippen molar-refractivity contribution in [3.8, 4) is 11.5 Å². The number of hydrogen-bond acceptors (Lipinski definition) is 4. The molecule has 0 aromatic heterocycles. The van der Waals surface area contributed by atoms with Gasteiger partial charge in [-0.3, -0.25) is 4.55 Å². The number of halogens is 4. The Balaban J connectivity index is 2.65. The first-order valence-electron chi connectivity index (χ1n) is 7.90. The lowest BCUT2D eigenvalue weighted by atomic mass is 9.83. The van der Waals surface area contributed by atoms with Crippen LogP contribution in [0.15, 0.2) is 54.6 Å². The average Bonchev–Trinajstić information content (AvgIpc) is 2.64. The molecule has 0 bridgehead atoms. The van der Waals surface area contributed by atoms with Crippen molar-refractivity contribution in [3.05, 3.63) is 91.4 Å². The standard InChI is InChI=1S/C19H12Cl4O5S/c20-11-6-7-12(14(24)8-11)19(29(26,27)28,10-4-2-1-3-5-10)16-15(25)9-13(21)17(22)18(16)23/h1-9,24-25H,(H,26,27,28). The van der Waals surface area contributed by atoms with Gasteiger partial charge in [-0.25, -0.2) is 0 Å². The van der Waals surface area contributed by atoms with Crippen molar-refractivity contribution in [2.45, 2.75) is 4.75 Å². The van der Waals surface area contributed by atoms with Gasteiger partial charge in [-0.1, -0.05) is 82.8 Å². The lowest BCUT2D eigenvalue weighted by Crippen LogP contribution is -2.38. The summed E-state index contributed by atoms with van der Waals surface area (Å²) in [6, 6.07) is 12.1. The Morgan fingerprint density at radius 2 is 1.41 bits per heavy atom. The number of rotatable bonds is 4. The molecule has 0 aliphatic carbocycles. The smallest absolute Gasteiger partial charge is 0.283 e. The topological polar surface area (TPSA) is 94.8 Å².